The summed E-state index contributed by atoms with van der Waals surface area (Å²) < 4.78 is 0. The summed E-state index contributed by atoms with van der Waals surface area (Å²) in [5.74, 6) is 0. The first-order chi connectivity index (χ1) is 11.2. The van der Waals surface area contributed by atoms with Gasteiger partial charge in [-0.1, -0.05) is 91.7 Å². The van der Waals surface area contributed by atoms with Crippen molar-refractivity contribution < 1.29 is 4.79 Å². The zero-order chi connectivity index (χ0) is 16.1. The van der Waals surface area contributed by atoms with Gasteiger partial charge in [-0.2, -0.15) is 0 Å². The van der Waals surface area contributed by atoms with Crippen LogP contribution in [0, 0.1) is 0 Å². The minimum Gasteiger partial charge on any atom is -0.349 e. The zero-order valence-corrected chi connectivity index (χ0v) is 14.9. The molecule has 1 amide bonds. The number of carbonyl (C=O) groups excluding carboxylic acids is 1. The molecular weight excluding hydrogens is 321 g/mol. The molecule has 0 spiro atoms. The second-order valence-corrected chi connectivity index (χ2v) is 10.4. The van der Waals surface area contributed by atoms with Crippen molar-refractivity contribution in [3.63, 3.8) is 0 Å². The van der Waals surface area contributed by atoms with E-state index in [0.29, 0.717) is 0 Å². The molecule has 23 heavy (non-hydrogen) atoms. The van der Waals surface area contributed by atoms with E-state index < -0.39 is 6.04 Å². The Morgan fingerprint density at radius 1 is 0.870 bits per heavy atom. The van der Waals surface area contributed by atoms with Gasteiger partial charge in [0.1, 0.15) is 0 Å². The van der Waals surface area contributed by atoms with Gasteiger partial charge in [-0.15, -0.1) is 0 Å². The van der Waals surface area contributed by atoms with Crippen molar-refractivity contribution in [2.45, 2.75) is 38.1 Å². The molecule has 0 atom stereocenters. The van der Waals surface area contributed by atoms with Crippen LogP contribution in [0.3, 0.4) is 0 Å². The SMILES string of the molecule is O=C(NC1CCCCC1)P(=S)(c1ccccc1)c1ccccc1. The minimum absolute atomic E-state index is 0.0387. The Morgan fingerprint density at radius 3 is 1.83 bits per heavy atom. The van der Waals surface area contributed by atoms with Crippen molar-refractivity contribution in [1.29, 1.82) is 0 Å². The zero-order valence-electron chi connectivity index (χ0n) is 13.2. The molecule has 0 unspecified atom stereocenters. The Kier molecular flexibility index (Phi) is 5.30. The fraction of sp³-hybridized carbons (Fsp3) is 0.316. The maximum Gasteiger partial charge on any atom is 0.259 e. The molecule has 1 saturated carbocycles. The lowest BCUT2D eigenvalue weighted by Crippen LogP contribution is -2.38. The summed E-state index contributed by atoms with van der Waals surface area (Å²) in [6.07, 6.45) is 5.82. The van der Waals surface area contributed by atoms with Crippen LogP contribution in [0.5, 0.6) is 0 Å². The van der Waals surface area contributed by atoms with Crippen LogP contribution >= 0.6 is 6.04 Å². The van der Waals surface area contributed by atoms with Crippen LogP contribution in [-0.2, 0) is 11.8 Å². The molecule has 120 valence electrons. The third-order valence-electron chi connectivity index (χ3n) is 4.46. The number of amides is 1. The van der Waals surface area contributed by atoms with E-state index >= 15 is 0 Å². The summed E-state index contributed by atoms with van der Waals surface area (Å²) in [4.78, 5) is 13.2. The fourth-order valence-electron chi connectivity index (χ4n) is 3.17. The molecule has 0 aliphatic heterocycles. The Labute approximate surface area is 143 Å². The average Bonchev–Trinajstić information content (AvgIpc) is 2.63. The van der Waals surface area contributed by atoms with Crippen LogP contribution in [0.1, 0.15) is 32.1 Å². The molecule has 0 radical (unpaired) electrons. The molecule has 0 aromatic heterocycles. The number of carbonyl (C=O) groups is 1. The van der Waals surface area contributed by atoms with Crippen LogP contribution in [-0.4, -0.2) is 11.7 Å². The summed E-state index contributed by atoms with van der Waals surface area (Å²) in [7, 11) is 0. The van der Waals surface area contributed by atoms with E-state index in [0.717, 1.165) is 23.5 Å². The largest absolute Gasteiger partial charge is 0.349 e. The molecule has 2 aromatic rings. The number of hydrogen-bond acceptors (Lipinski definition) is 2. The van der Waals surface area contributed by atoms with Gasteiger partial charge in [0.25, 0.3) is 5.65 Å². The van der Waals surface area contributed by atoms with Crippen LogP contribution < -0.4 is 15.9 Å². The summed E-state index contributed by atoms with van der Waals surface area (Å²) in [6.45, 7) is 0. The minimum atomic E-state index is -2.50. The average molecular weight is 343 g/mol. The Hall–Kier alpha value is -1.44. The third-order valence-corrected chi connectivity index (χ3v) is 8.97. The molecule has 0 saturated heterocycles. The highest BCUT2D eigenvalue weighted by atomic mass is 32.4. The monoisotopic (exact) mass is 343 g/mol. The number of nitrogens with one attached hydrogen (secondary N) is 1. The van der Waals surface area contributed by atoms with Gasteiger partial charge in [0, 0.05) is 6.04 Å². The van der Waals surface area contributed by atoms with Crippen molar-refractivity contribution in [3.05, 3.63) is 60.7 Å². The number of rotatable bonds is 4. The first kappa shape index (κ1) is 16.4. The third kappa shape index (κ3) is 3.57. The number of benzene rings is 2. The number of hydrogen-bond donors (Lipinski definition) is 1. The lowest BCUT2D eigenvalue weighted by Gasteiger charge is -2.28. The summed E-state index contributed by atoms with van der Waals surface area (Å²) in [5, 5.41) is 5.20. The van der Waals surface area contributed by atoms with Gasteiger partial charge in [0.15, 0.2) is 0 Å². The van der Waals surface area contributed by atoms with E-state index in [9.17, 15) is 4.79 Å². The molecule has 2 nitrogen and oxygen atoms in total. The topological polar surface area (TPSA) is 29.1 Å². The summed E-state index contributed by atoms with van der Waals surface area (Å²) >= 11 is 6.03. The van der Waals surface area contributed by atoms with Crippen molar-refractivity contribution in [1.82, 2.24) is 5.32 Å². The Balaban J connectivity index is 1.95. The van der Waals surface area contributed by atoms with Gasteiger partial charge in [0.05, 0.1) is 6.04 Å². The van der Waals surface area contributed by atoms with Crippen LogP contribution in [0.15, 0.2) is 60.7 Å². The molecule has 1 N–H and O–H groups in total. The maximum absolute atomic E-state index is 13.2. The van der Waals surface area contributed by atoms with E-state index in [2.05, 4.69) is 5.32 Å². The lowest BCUT2D eigenvalue weighted by atomic mass is 9.96. The Bertz CT molecular complexity index is 652. The van der Waals surface area contributed by atoms with E-state index in [1.165, 1.54) is 19.3 Å². The van der Waals surface area contributed by atoms with E-state index in [-0.39, 0.29) is 11.7 Å². The first-order valence-corrected chi connectivity index (χ1v) is 11.0. The van der Waals surface area contributed by atoms with E-state index in [1.807, 2.05) is 60.7 Å². The van der Waals surface area contributed by atoms with E-state index in [1.54, 1.807) is 0 Å². The molecule has 1 aliphatic carbocycles. The second-order valence-electron chi connectivity index (χ2n) is 6.06. The van der Waals surface area contributed by atoms with Gasteiger partial charge in [-0.3, -0.25) is 4.79 Å². The smallest absolute Gasteiger partial charge is 0.259 e. The molecule has 1 fully saturated rings. The fourth-order valence-corrected chi connectivity index (χ4v) is 6.38. The predicted molar refractivity (Wildman–Crippen MR) is 102 cm³/mol. The highest BCUT2D eigenvalue weighted by Crippen LogP contribution is 2.44. The van der Waals surface area contributed by atoms with Crippen LogP contribution in [0.4, 0.5) is 4.79 Å². The molecular formula is C19H22NOPS. The van der Waals surface area contributed by atoms with Crippen molar-refractivity contribution in [3.8, 4) is 0 Å². The highest BCUT2D eigenvalue weighted by Gasteiger charge is 2.32. The summed E-state index contributed by atoms with van der Waals surface area (Å²) in [6, 6.07) is 17.6. The Morgan fingerprint density at radius 2 is 1.35 bits per heavy atom. The normalized spacial score (nSPS) is 16.0. The highest BCUT2D eigenvalue weighted by molar-refractivity contribution is 8.29. The van der Waals surface area contributed by atoms with Gasteiger partial charge >= 0.3 is 0 Å². The predicted octanol–water partition coefficient (Wildman–Crippen LogP) is 4.16. The standard InChI is InChI=1S/C19H22NOPS/c21-19(20-16-10-4-1-5-11-16)22(23,17-12-6-2-7-13-17)18-14-8-3-9-15-18/h2-3,6-9,12-16H,1,4-5,10-11H2,(H,20,21). The van der Waals surface area contributed by atoms with Crippen molar-refractivity contribution >= 4 is 34.1 Å². The van der Waals surface area contributed by atoms with Crippen LogP contribution in [0.25, 0.3) is 0 Å². The van der Waals surface area contributed by atoms with Gasteiger partial charge in [-0.05, 0) is 23.5 Å². The summed E-state index contributed by atoms with van der Waals surface area (Å²) in [5.41, 5.74) is 0.0387. The first-order valence-electron chi connectivity index (χ1n) is 8.23. The molecule has 4 heteroatoms. The van der Waals surface area contributed by atoms with E-state index in [4.69, 9.17) is 11.8 Å². The van der Waals surface area contributed by atoms with Crippen molar-refractivity contribution in [2.24, 2.45) is 0 Å². The molecule has 3 rings (SSSR count). The molecule has 2 aromatic carbocycles. The molecule has 0 bridgehead atoms. The maximum atomic E-state index is 13.2. The second kappa shape index (κ2) is 7.42. The van der Waals surface area contributed by atoms with Gasteiger partial charge in [-0.25, -0.2) is 0 Å². The molecule has 0 heterocycles. The van der Waals surface area contributed by atoms with Crippen molar-refractivity contribution in [2.75, 3.05) is 0 Å². The quantitative estimate of drug-likeness (QED) is 0.845. The molecule has 1 aliphatic rings. The lowest BCUT2D eigenvalue weighted by molar-refractivity contribution is 0.252. The van der Waals surface area contributed by atoms with Gasteiger partial charge in [0.2, 0.25) is 0 Å². The van der Waals surface area contributed by atoms with Crippen LogP contribution in [0.2, 0.25) is 0 Å². The van der Waals surface area contributed by atoms with Gasteiger partial charge < -0.3 is 5.32 Å².